The van der Waals surface area contributed by atoms with Crippen LogP contribution in [-0.2, 0) is 17.8 Å². The summed E-state index contributed by atoms with van der Waals surface area (Å²) < 4.78 is 5.89. The normalized spacial score (nSPS) is 11.6. The molecule has 0 aliphatic carbocycles. The minimum absolute atomic E-state index is 0.0775. The molecule has 2 aromatic carbocycles. The van der Waals surface area contributed by atoms with Crippen LogP contribution in [0.15, 0.2) is 61.7 Å². The Labute approximate surface area is 165 Å². The molecule has 0 N–H and O–H groups in total. The number of benzene rings is 2. The highest BCUT2D eigenvalue weighted by Crippen LogP contribution is 2.14. The van der Waals surface area contributed by atoms with Crippen molar-refractivity contribution in [2.45, 2.75) is 45.9 Å². The largest absolute Gasteiger partial charge is 0.376 e. The van der Waals surface area contributed by atoms with Crippen LogP contribution in [0.25, 0.3) is 12.2 Å². The zero-order valence-electron chi connectivity index (χ0n) is 17.1. The Morgan fingerprint density at radius 2 is 1.26 bits per heavy atom. The van der Waals surface area contributed by atoms with Crippen molar-refractivity contribution in [2.75, 3.05) is 13.2 Å². The first-order chi connectivity index (χ1) is 12.9. The van der Waals surface area contributed by atoms with Gasteiger partial charge in [0.1, 0.15) is 0 Å². The number of hydrogen-bond acceptors (Lipinski definition) is 2. The van der Waals surface area contributed by atoms with Crippen LogP contribution < -0.4 is 0 Å². The van der Waals surface area contributed by atoms with E-state index in [9.17, 15) is 0 Å². The maximum atomic E-state index is 5.89. The van der Waals surface area contributed by atoms with Gasteiger partial charge >= 0.3 is 0 Å². The predicted octanol–water partition coefficient (Wildman–Crippen LogP) is 6.18. The number of rotatable bonds is 10. The lowest BCUT2D eigenvalue weighted by atomic mass is 10.1. The highest BCUT2D eigenvalue weighted by atomic mass is 16.5. The summed E-state index contributed by atoms with van der Waals surface area (Å²) in [6.07, 6.45) is 4.78. The van der Waals surface area contributed by atoms with Crippen LogP contribution in [0.1, 0.15) is 49.4 Å². The third-order valence-electron chi connectivity index (χ3n) is 4.40. The standard InChI is InChI=1S/C25H33NO/c1-6-21-9-13-23(14-10-21)19-26(17-8-18-27-25(3,4)5)20-24-15-11-22(7-2)12-16-24/h6-7,9-16H,1-2,8,17-20H2,3-5H3. The lowest BCUT2D eigenvalue weighted by Gasteiger charge is -2.24. The molecule has 0 amide bonds. The maximum absolute atomic E-state index is 5.89. The number of hydrogen-bond donors (Lipinski definition) is 0. The van der Waals surface area contributed by atoms with E-state index in [1.54, 1.807) is 0 Å². The third kappa shape index (κ3) is 7.94. The fraction of sp³-hybridized carbons (Fsp3) is 0.360. The van der Waals surface area contributed by atoms with Crippen molar-refractivity contribution in [2.24, 2.45) is 0 Å². The van der Waals surface area contributed by atoms with Crippen molar-refractivity contribution >= 4 is 12.2 Å². The quantitative estimate of drug-likeness (QED) is 0.467. The van der Waals surface area contributed by atoms with Crippen LogP contribution in [0.2, 0.25) is 0 Å². The Hall–Kier alpha value is -2.16. The molecule has 2 rings (SSSR count). The number of nitrogens with zero attached hydrogens (tertiary/aromatic N) is 1. The molecule has 0 aliphatic heterocycles. The van der Waals surface area contributed by atoms with Crippen LogP contribution in [0.3, 0.4) is 0 Å². The third-order valence-corrected chi connectivity index (χ3v) is 4.40. The Morgan fingerprint density at radius 1 is 0.815 bits per heavy atom. The van der Waals surface area contributed by atoms with Gasteiger partial charge in [0.25, 0.3) is 0 Å². The van der Waals surface area contributed by atoms with E-state index in [1.165, 1.54) is 11.1 Å². The summed E-state index contributed by atoms with van der Waals surface area (Å²) >= 11 is 0. The summed E-state index contributed by atoms with van der Waals surface area (Å²) in [7, 11) is 0. The van der Waals surface area contributed by atoms with E-state index in [1.807, 2.05) is 12.2 Å². The minimum atomic E-state index is -0.0775. The van der Waals surface area contributed by atoms with Gasteiger partial charge in [-0.2, -0.15) is 0 Å². The zero-order chi connectivity index (χ0) is 19.7. The van der Waals surface area contributed by atoms with Gasteiger partial charge < -0.3 is 4.74 Å². The summed E-state index contributed by atoms with van der Waals surface area (Å²) in [5.41, 5.74) is 4.87. The average Bonchev–Trinajstić information content (AvgIpc) is 2.65. The molecule has 0 heterocycles. The first-order valence-electron chi connectivity index (χ1n) is 9.69. The van der Waals surface area contributed by atoms with Crippen LogP contribution >= 0.6 is 0 Å². The number of ether oxygens (including phenoxy) is 1. The van der Waals surface area contributed by atoms with E-state index >= 15 is 0 Å². The van der Waals surface area contributed by atoms with Gasteiger partial charge in [0.05, 0.1) is 5.60 Å². The predicted molar refractivity (Wildman–Crippen MR) is 118 cm³/mol. The van der Waals surface area contributed by atoms with Crippen molar-refractivity contribution < 1.29 is 4.74 Å². The highest BCUT2D eigenvalue weighted by molar-refractivity contribution is 5.47. The van der Waals surface area contributed by atoms with Crippen LogP contribution in [0, 0.1) is 0 Å². The Kier molecular flexibility index (Phi) is 8.02. The molecular weight excluding hydrogens is 330 g/mol. The lowest BCUT2D eigenvalue weighted by molar-refractivity contribution is -0.00741. The van der Waals surface area contributed by atoms with Crippen molar-refractivity contribution in [1.82, 2.24) is 4.90 Å². The van der Waals surface area contributed by atoms with Gasteiger partial charge in [-0.25, -0.2) is 0 Å². The molecule has 0 saturated carbocycles. The summed E-state index contributed by atoms with van der Waals surface area (Å²) in [6, 6.07) is 17.3. The second kappa shape index (κ2) is 10.2. The van der Waals surface area contributed by atoms with E-state index in [0.717, 1.165) is 43.8 Å². The van der Waals surface area contributed by atoms with E-state index < -0.39 is 0 Å². The highest BCUT2D eigenvalue weighted by Gasteiger charge is 2.11. The van der Waals surface area contributed by atoms with Crippen LogP contribution in [-0.4, -0.2) is 23.7 Å². The molecule has 2 aromatic rings. The molecule has 0 aromatic heterocycles. The Balaban J connectivity index is 2.01. The van der Waals surface area contributed by atoms with Gasteiger partial charge in [-0.1, -0.05) is 73.8 Å². The molecule has 0 radical (unpaired) electrons. The van der Waals surface area contributed by atoms with Gasteiger partial charge in [-0.3, -0.25) is 4.90 Å². The van der Waals surface area contributed by atoms with Gasteiger partial charge in [0, 0.05) is 26.2 Å². The second-order valence-corrected chi connectivity index (χ2v) is 7.92. The topological polar surface area (TPSA) is 12.5 Å². The van der Waals surface area contributed by atoms with Gasteiger partial charge in [-0.15, -0.1) is 0 Å². The van der Waals surface area contributed by atoms with Crippen LogP contribution in [0.5, 0.6) is 0 Å². The molecular formula is C25H33NO. The van der Waals surface area contributed by atoms with E-state index in [-0.39, 0.29) is 5.60 Å². The monoisotopic (exact) mass is 363 g/mol. The van der Waals surface area contributed by atoms with Crippen molar-refractivity contribution in [3.05, 3.63) is 83.9 Å². The SMILES string of the molecule is C=Cc1ccc(CN(CCCOC(C)(C)C)Cc2ccc(C=C)cc2)cc1. The molecule has 144 valence electrons. The average molecular weight is 364 g/mol. The van der Waals surface area contributed by atoms with Crippen molar-refractivity contribution in [3.63, 3.8) is 0 Å². The molecule has 0 spiro atoms. The summed E-state index contributed by atoms with van der Waals surface area (Å²) in [5, 5.41) is 0. The molecule has 2 heteroatoms. The smallest absolute Gasteiger partial charge is 0.0598 e. The van der Waals surface area contributed by atoms with Gasteiger partial charge in [0.15, 0.2) is 0 Å². The van der Waals surface area contributed by atoms with Crippen LogP contribution in [0.4, 0.5) is 0 Å². The van der Waals surface area contributed by atoms with E-state index in [0.29, 0.717) is 0 Å². The van der Waals surface area contributed by atoms with Gasteiger partial charge in [-0.05, 0) is 49.4 Å². The molecule has 2 nitrogen and oxygen atoms in total. The van der Waals surface area contributed by atoms with E-state index in [2.05, 4.69) is 87.4 Å². The Bertz CT molecular complexity index is 654. The second-order valence-electron chi connectivity index (χ2n) is 7.92. The fourth-order valence-electron chi connectivity index (χ4n) is 2.92. The molecule has 0 fully saturated rings. The lowest BCUT2D eigenvalue weighted by Crippen LogP contribution is -2.26. The van der Waals surface area contributed by atoms with Gasteiger partial charge in [0.2, 0.25) is 0 Å². The first-order valence-corrected chi connectivity index (χ1v) is 9.69. The minimum Gasteiger partial charge on any atom is -0.376 e. The molecule has 0 unspecified atom stereocenters. The summed E-state index contributed by atoms with van der Waals surface area (Å²) in [6.45, 7) is 17.6. The van der Waals surface area contributed by atoms with Crippen molar-refractivity contribution in [3.8, 4) is 0 Å². The van der Waals surface area contributed by atoms with E-state index in [4.69, 9.17) is 4.74 Å². The molecule has 0 bridgehead atoms. The fourth-order valence-corrected chi connectivity index (χ4v) is 2.92. The zero-order valence-corrected chi connectivity index (χ0v) is 17.1. The summed E-state index contributed by atoms with van der Waals surface area (Å²) in [5.74, 6) is 0. The molecule has 0 aliphatic rings. The Morgan fingerprint density at radius 3 is 1.63 bits per heavy atom. The maximum Gasteiger partial charge on any atom is 0.0598 e. The first kappa shape index (κ1) is 21.1. The molecule has 0 atom stereocenters. The molecule has 27 heavy (non-hydrogen) atoms. The van der Waals surface area contributed by atoms with Crippen molar-refractivity contribution in [1.29, 1.82) is 0 Å². The summed E-state index contributed by atoms with van der Waals surface area (Å²) in [4.78, 5) is 2.48. The molecule has 0 saturated heterocycles.